The van der Waals surface area contributed by atoms with Crippen molar-refractivity contribution in [3.8, 4) is 11.1 Å². The third-order valence-corrected chi connectivity index (χ3v) is 3.94. The van der Waals surface area contributed by atoms with Gasteiger partial charge in [-0.15, -0.1) is 12.4 Å². The lowest BCUT2D eigenvalue weighted by molar-refractivity contribution is 0.0952. The Morgan fingerprint density at radius 1 is 1.04 bits per heavy atom. The van der Waals surface area contributed by atoms with Crippen LogP contribution in [-0.4, -0.2) is 43.0 Å². The first-order valence-corrected chi connectivity index (χ1v) is 8.03. The zero-order valence-electron chi connectivity index (χ0n) is 14.4. The average Bonchev–Trinajstić information content (AvgIpc) is 2.61. The number of hydrogen-bond donors (Lipinski definition) is 1. The van der Waals surface area contributed by atoms with Crippen molar-refractivity contribution in [3.63, 3.8) is 0 Å². The fourth-order valence-electron chi connectivity index (χ4n) is 2.71. The monoisotopic (exact) mass is 355 g/mol. The van der Waals surface area contributed by atoms with E-state index in [0.29, 0.717) is 12.1 Å². The van der Waals surface area contributed by atoms with Crippen LogP contribution in [-0.2, 0) is 0 Å². The molecule has 3 aromatic rings. The predicted molar refractivity (Wildman–Crippen MR) is 105 cm³/mol. The maximum Gasteiger partial charge on any atom is 0.253 e. The number of rotatable bonds is 5. The highest BCUT2D eigenvalue weighted by Crippen LogP contribution is 2.29. The maximum absolute atomic E-state index is 12.5. The molecule has 130 valence electrons. The number of carbonyl (C=O) groups is 1. The number of hydrogen-bond acceptors (Lipinski definition) is 3. The standard InChI is InChI=1S/C20H21N3O.ClH/c1-23(2)14-13-22-20(24)18-11-10-16(15-7-4-3-5-8-15)17-9-6-12-21-19(17)18;/h3-12H,13-14H2,1-2H3,(H,22,24);1H. The third-order valence-electron chi connectivity index (χ3n) is 3.94. The Hall–Kier alpha value is -2.43. The van der Waals surface area contributed by atoms with Gasteiger partial charge in [-0.1, -0.05) is 42.5 Å². The number of nitrogens with zero attached hydrogens (tertiary/aromatic N) is 2. The molecule has 0 saturated heterocycles. The minimum atomic E-state index is -0.0832. The van der Waals surface area contributed by atoms with Gasteiger partial charge in [-0.05, 0) is 37.4 Å². The van der Waals surface area contributed by atoms with Crippen LogP contribution in [0.3, 0.4) is 0 Å². The van der Waals surface area contributed by atoms with Crippen molar-refractivity contribution in [2.75, 3.05) is 27.2 Å². The second kappa shape index (κ2) is 8.60. The van der Waals surface area contributed by atoms with E-state index in [1.54, 1.807) is 6.20 Å². The van der Waals surface area contributed by atoms with Crippen molar-refractivity contribution in [2.24, 2.45) is 0 Å². The molecule has 0 unspecified atom stereocenters. The molecule has 1 amide bonds. The van der Waals surface area contributed by atoms with Gasteiger partial charge in [-0.25, -0.2) is 0 Å². The smallest absolute Gasteiger partial charge is 0.253 e. The summed E-state index contributed by atoms with van der Waals surface area (Å²) in [7, 11) is 3.97. The van der Waals surface area contributed by atoms with Crippen LogP contribution in [0.5, 0.6) is 0 Å². The van der Waals surface area contributed by atoms with E-state index in [4.69, 9.17) is 0 Å². The quantitative estimate of drug-likeness (QED) is 0.760. The molecule has 0 aliphatic rings. The fourth-order valence-corrected chi connectivity index (χ4v) is 2.71. The largest absolute Gasteiger partial charge is 0.351 e. The van der Waals surface area contributed by atoms with Gasteiger partial charge in [-0.2, -0.15) is 0 Å². The minimum absolute atomic E-state index is 0. The lowest BCUT2D eigenvalue weighted by Crippen LogP contribution is -2.31. The van der Waals surface area contributed by atoms with Gasteiger partial charge >= 0.3 is 0 Å². The number of likely N-dealkylation sites (N-methyl/N-ethyl adjacent to an activating group) is 1. The normalized spacial score (nSPS) is 10.5. The van der Waals surface area contributed by atoms with Crippen LogP contribution in [0.2, 0.25) is 0 Å². The van der Waals surface area contributed by atoms with E-state index in [-0.39, 0.29) is 18.3 Å². The van der Waals surface area contributed by atoms with Crippen LogP contribution in [0.15, 0.2) is 60.8 Å². The first-order chi connectivity index (χ1) is 11.7. The molecule has 2 aromatic carbocycles. The van der Waals surface area contributed by atoms with Crippen molar-refractivity contribution in [2.45, 2.75) is 0 Å². The van der Waals surface area contributed by atoms with Gasteiger partial charge in [0.05, 0.1) is 11.1 Å². The molecule has 4 nitrogen and oxygen atoms in total. The SMILES string of the molecule is CN(C)CCNC(=O)c1ccc(-c2ccccc2)c2cccnc12.Cl. The molecule has 0 fully saturated rings. The summed E-state index contributed by atoms with van der Waals surface area (Å²) in [5, 5.41) is 3.95. The van der Waals surface area contributed by atoms with E-state index in [1.807, 2.05) is 61.5 Å². The highest BCUT2D eigenvalue weighted by Gasteiger charge is 2.14. The number of benzene rings is 2. The highest BCUT2D eigenvalue weighted by atomic mass is 35.5. The number of pyridine rings is 1. The highest BCUT2D eigenvalue weighted by molar-refractivity contribution is 6.09. The van der Waals surface area contributed by atoms with E-state index in [0.717, 1.165) is 28.6 Å². The first-order valence-electron chi connectivity index (χ1n) is 8.03. The Balaban J connectivity index is 0.00000225. The molecular weight excluding hydrogens is 334 g/mol. The van der Waals surface area contributed by atoms with E-state index < -0.39 is 0 Å². The van der Waals surface area contributed by atoms with Gasteiger partial charge in [-0.3, -0.25) is 9.78 Å². The molecule has 1 heterocycles. The lowest BCUT2D eigenvalue weighted by Gasteiger charge is -2.13. The van der Waals surface area contributed by atoms with Crippen molar-refractivity contribution in [3.05, 3.63) is 66.4 Å². The van der Waals surface area contributed by atoms with Crippen LogP contribution in [0, 0.1) is 0 Å². The van der Waals surface area contributed by atoms with E-state index in [9.17, 15) is 4.79 Å². The van der Waals surface area contributed by atoms with Crippen LogP contribution >= 0.6 is 12.4 Å². The number of nitrogens with one attached hydrogen (secondary N) is 1. The molecule has 3 rings (SSSR count). The summed E-state index contributed by atoms with van der Waals surface area (Å²) >= 11 is 0. The van der Waals surface area contributed by atoms with Gasteiger partial charge in [0.1, 0.15) is 0 Å². The van der Waals surface area contributed by atoms with Gasteiger partial charge in [0.25, 0.3) is 5.91 Å². The van der Waals surface area contributed by atoms with Crippen LogP contribution in [0.25, 0.3) is 22.0 Å². The molecule has 0 aliphatic heterocycles. The summed E-state index contributed by atoms with van der Waals surface area (Å²) in [6.45, 7) is 1.42. The number of carbonyl (C=O) groups excluding carboxylic acids is 1. The summed E-state index contributed by atoms with van der Waals surface area (Å²) in [6, 6.07) is 17.9. The predicted octanol–water partition coefficient (Wildman–Crippen LogP) is 3.62. The molecule has 0 atom stereocenters. The zero-order valence-corrected chi connectivity index (χ0v) is 15.2. The molecule has 25 heavy (non-hydrogen) atoms. The summed E-state index contributed by atoms with van der Waals surface area (Å²) in [5.74, 6) is -0.0832. The molecule has 0 spiro atoms. The summed E-state index contributed by atoms with van der Waals surface area (Å²) in [6.07, 6.45) is 1.73. The van der Waals surface area contributed by atoms with Gasteiger partial charge in [0.15, 0.2) is 0 Å². The number of fused-ring (bicyclic) bond motifs is 1. The Morgan fingerprint density at radius 3 is 2.52 bits per heavy atom. The van der Waals surface area contributed by atoms with Crippen LogP contribution < -0.4 is 5.32 Å². The van der Waals surface area contributed by atoms with E-state index >= 15 is 0 Å². The molecule has 1 aromatic heterocycles. The van der Waals surface area contributed by atoms with Crippen molar-refractivity contribution in [1.29, 1.82) is 0 Å². The van der Waals surface area contributed by atoms with Crippen molar-refractivity contribution < 1.29 is 4.79 Å². The molecule has 0 saturated carbocycles. The van der Waals surface area contributed by atoms with Gasteiger partial charge in [0, 0.05) is 24.7 Å². The Bertz CT molecular complexity index is 850. The second-order valence-corrected chi connectivity index (χ2v) is 5.99. The van der Waals surface area contributed by atoms with Gasteiger partial charge < -0.3 is 10.2 Å². The van der Waals surface area contributed by atoms with Crippen LogP contribution in [0.1, 0.15) is 10.4 Å². The van der Waals surface area contributed by atoms with E-state index in [2.05, 4.69) is 22.4 Å². The summed E-state index contributed by atoms with van der Waals surface area (Å²) in [5.41, 5.74) is 3.56. The summed E-state index contributed by atoms with van der Waals surface area (Å²) in [4.78, 5) is 19.0. The first kappa shape index (κ1) is 18.9. The van der Waals surface area contributed by atoms with E-state index in [1.165, 1.54) is 0 Å². The average molecular weight is 356 g/mol. The Morgan fingerprint density at radius 2 is 1.80 bits per heavy atom. The zero-order chi connectivity index (χ0) is 16.9. The molecule has 0 radical (unpaired) electrons. The van der Waals surface area contributed by atoms with Crippen molar-refractivity contribution in [1.82, 2.24) is 15.2 Å². The number of amides is 1. The molecule has 5 heteroatoms. The molecular formula is C20H22ClN3O. The maximum atomic E-state index is 12.5. The Kier molecular flexibility index (Phi) is 6.51. The second-order valence-electron chi connectivity index (χ2n) is 5.99. The molecule has 0 bridgehead atoms. The number of halogens is 1. The molecule has 1 N–H and O–H groups in total. The molecule has 0 aliphatic carbocycles. The van der Waals surface area contributed by atoms with Crippen LogP contribution in [0.4, 0.5) is 0 Å². The van der Waals surface area contributed by atoms with Crippen molar-refractivity contribution >= 4 is 29.2 Å². The third kappa shape index (κ3) is 4.35. The minimum Gasteiger partial charge on any atom is -0.351 e. The Labute approximate surface area is 154 Å². The summed E-state index contributed by atoms with van der Waals surface area (Å²) < 4.78 is 0. The lowest BCUT2D eigenvalue weighted by atomic mass is 9.97. The fraction of sp³-hybridized carbons (Fsp3) is 0.200. The van der Waals surface area contributed by atoms with Gasteiger partial charge in [0.2, 0.25) is 0 Å². The number of aromatic nitrogens is 1. The topological polar surface area (TPSA) is 45.2 Å².